The van der Waals surface area contributed by atoms with Crippen LogP contribution in [0, 0.1) is 18.3 Å². The molecule has 0 saturated heterocycles. The third-order valence-corrected chi connectivity index (χ3v) is 5.42. The molecule has 1 aromatic rings. The first-order valence-electron chi connectivity index (χ1n) is 7.80. The summed E-state index contributed by atoms with van der Waals surface area (Å²) < 4.78 is 2.27. The molecule has 4 heteroatoms. The average molecular weight is 308 g/mol. The Morgan fingerprint density at radius 3 is 2.24 bits per heavy atom. The Labute approximate surface area is 132 Å². The summed E-state index contributed by atoms with van der Waals surface area (Å²) in [5.74, 6) is 0.739. The summed E-state index contributed by atoms with van der Waals surface area (Å²) in [7, 11) is 0. The van der Waals surface area contributed by atoms with Crippen molar-refractivity contribution in [3.8, 4) is 0 Å². The zero-order chi connectivity index (χ0) is 16.0. The molecule has 3 nitrogen and oxygen atoms in total. The number of amides is 1. The van der Waals surface area contributed by atoms with Gasteiger partial charge in [-0.25, -0.2) is 0 Å². The molecule has 1 fully saturated rings. The second kappa shape index (κ2) is 5.38. The van der Waals surface area contributed by atoms with Crippen LogP contribution in [0.3, 0.4) is 0 Å². The molecule has 1 amide bonds. The number of thiazole rings is 1. The van der Waals surface area contributed by atoms with Crippen molar-refractivity contribution in [2.24, 2.45) is 16.3 Å². The standard InChI is InChI=1S/C17H28N2OS/c1-11-13(16(2,3)4)21-15(18-14(20)17(5,6)7)19(11)10-12-8-9-12/h12H,8-10H2,1-7H3. The molecule has 0 bridgehead atoms. The fourth-order valence-electron chi connectivity index (χ4n) is 2.29. The molecule has 1 heterocycles. The number of hydrogen-bond acceptors (Lipinski definition) is 2. The van der Waals surface area contributed by atoms with Gasteiger partial charge in [0, 0.05) is 22.5 Å². The van der Waals surface area contributed by atoms with Crippen molar-refractivity contribution in [3.63, 3.8) is 0 Å². The second-order valence-electron chi connectivity index (χ2n) is 8.27. The van der Waals surface area contributed by atoms with E-state index in [1.54, 1.807) is 11.3 Å². The molecule has 1 aliphatic rings. The normalized spacial score (nSPS) is 17.4. The molecule has 21 heavy (non-hydrogen) atoms. The molecular formula is C17H28N2OS. The van der Waals surface area contributed by atoms with E-state index in [4.69, 9.17) is 0 Å². The monoisotopic (exact) mass is 308 g/mol. The van der Waals surface area contributed by atoms with Gasteiger partial charge in [-0.3, -0.25) is 4.79 Å². The van der Waals surface area contributed by atoms with Crippen LogP contribution in [0.4, 0.5) is 0 Å². The van der Waals surface area contributed by atoms with Crippen molar-refractivity contribution in [2.75, 3.05) is 0 Å². The summed E-state index contributed by atoms with van der Waals surface area (Å²) in [6, 6.07) is 0. The number of carbonyl (C=O) groups is 1. The van der Waals surface area contributed by atoms with Gasteiger partial charge < -0.3 is 4.57 Å². The lowest BCUT2D eigenvalue weighted by molar-refractivity contribution is -0.125. The first kappa shape index (κ1) is 16.5. The number of hydrogen-bond donors (Lipinski definition) is 0. The minimum absolute atomic E-state index is 0.0336. The summed E-state index contributed by atoms with van der Waals surface area (Å²) in [6.07, 6.45) is 2.61. The summed E-state index contributed by atoms with van der Waals surface area (Å²) in [5, 5.41) is 0. The van der Waals surface area contributed by atoms with Crippen molar-refractivity contribution >= 4 is 17.2 Å². The summed E-state index contributed by atoms with van der Waals surface area (Å²) >= 11 is 1.68. The van der Waals surface area contributed by atoms with Gasteiger partial charge in [-0.15, -0.1) is 11.3 Å². The molecule has 0 spiro atoms. The van der Waals surface area contributed by atoms with Crippen LogP contribution in [0.2, 0.25) is 0 Å². The molecule has 0 atom stereocenters. The van der Waals surface area contributed by atoms with E-state index in [2.05, 4.69) is 37.3 Å². The van der Waals surface area contributed by atoms with Crippen LogP contribution in [-0.4, -0.2) is 10.5 Å². The highest BCUT2D eigenvalue weighted by molar-refractivity contribution is 7.09. The Hall–Kier alpha value is -0.900. The maximum atomic E-state index is 12.3. The zero-order valence-corrected chi connectivity index (χ0v) is 15.2. The van der Waals surface area contributed by atoms with E-state index in [0.717, 1.165) is 17.3 Å². The lowest BCUT2D eigenvalue weighted by Crippen LogP contribution is -2.24. The lowest BCUT2D eigenvalue weighted by Gasteiger charge is -2.17. The highest BCUT2D eigenvalue weighted by atomic mass is 32.1. The van der Waals surface area contributed by atoms with Crippen molar-refractivity contribution < 1.29 is 4.79 Å². The average Bonchev–Trinajstić information content (AvgIpc) is 3.06. The lowest BCUT2D eigenvalue weighted by atomic mass is 9.93. The van der Waals surface area contributed by atoms with Crippen LogP contribution in [0.1, 0.15) is 65.0 Å². The molecule has 118 valence electrons. The van der Waals surface area contributed by atoms with Crippen LogP contribution in [-0.2, 0) is 16.8 Å². The minimum Gasteiger partial charge on any atom is -0.320 e. The molecule has 1 aromatic heterocycles. The maximum Gasteiger partial charge on any atom is 0.253 e. The number of rotatable bonds is 2. The zero-order valence-electron chi connectivity index (χ0n) is 14.4. The van der Waals surface area contributed by atoms with Gasteiger partial charge in [0.25, 0.3) is 5.91 Å². The van der Waals surface area contributed by atoms with E-state index >= 15 is 0 Å². The van der Waals surface area contributed by atoms with Gasteiger partial charge in [0.05, 0.1) is 0 Å². The van der Waals surface area contributed by atoms with Gasteiger partial charge in [-0.05, 0) is 31.1 Å². The molecule has 1 saturated carbocycles. The van der Waals surface area contributed by atoms with E-state index in [1.807, 2.05) is 20.8 Å². The van der Waals surface area contributed by atoms with Crippen LogP contribution in [0.25, 0.3) is 0 Å². The highest BCUT2D eigenvalue weighted by Crippen LogP contribution is 2.33. The van der Waals surface area contributed by atoms with E-state index < -0.39 is 5.41 Å². The Bertz CT molecular complexity index is 604. The Morgan fingerprint density at radius 1 is 1.24 bits per heavy atom. The second-order valence-corrected chi connectivity index (χ2v) is 9.25. The van der Waals surface area contributed by atoms with Crippen molar-refractivity contribution in [1.82, 2.24) is 4.57 Å². The van der Waals surface area contributed by atoms with Crippen LogP contribution >= 0.6 is 11.3 Å². The van der Waals surface area contributed by atoms with Crippen LogP contribution < -0.4 is 4.80 Å². The summed E-state index contributed by atoms with van der Waals surface area (Å²) in [4.78, 5) is 18.9. The SMILES string of the molecule is Cc1c(C(C)(C)C)sc(=NC(=O)C(C)(C)C)n1CC1CC1. The van der Waals surface area contributed by atoms with Crippen LogP contribution in [0.15, 0.2) is 4.99 Å². The molecule has 2 rings (SSSR count). The third-order valence-electron chi connectivity index (χ3n) is 3.82. The van der Waals surface area contributed by atoms with Gasteiger partial charge in [0.1, 0.15) is 0 Å². The largest absolute Gasteiger partial charge is 0.320 e. The molecular weight excluding hydrogens is 280 g/mol. The first-order valence-corrected chi connectivity index (χ1v) is 8.61. The predicted octanol–water partition coefficient (Wildman–Crippen LogP) is 4.04. The quantitative estimate of drug-likeness (QED) is 0.812. The van der Waals surface area contributed by atoms with E-state index in [9.17, 15) is 4.79 Å². The summed E-state index contributed by atoms with van der Waals surface area (Å²) in [5.41, 5.74) is 0.954. The molecule has 0 N–H and O–H groups in total. The van der Waals surface area contributed by atoms with Gasteiger partial charge in [0.2, 0.25) is 0 Å². The fourth-order valence-corrected chi connectivity index (χ4v) is 3.49. The fraction of sp³-hybridized carbons (Fsp3) is 0.765. The smallest absolute Gasteiger partial charge is 0.253 e. The van der Waals surface area contributed by atoms with E-state index in [1.165, 1.54) is 23.4 Å². The van der Waals surface area contributed by atoms with Gasteiger partial charge in [-0.2, -0.15) is 4.99 Å². The van der Waals surface area contributed by atoms with E-state index in [0.29, 0.717) is 0 Å². The Morgan fingerprint density at radius 2 is 1.81 bits per heavy atom. The molecule has 0 unspecified atom stereocenters. The van der Waals surface area contributed by atoms with Crippen molar-refractivity contribution in [3.05, 3.63) is 15.4 Å². The highest BCUT2D eigenvalue weighted by Gasteiger charge is 2.28. The number of carbonyl (C=O) groups excluding carboxylic acids is 1. The summed E-state index contributed by atoms with van der Waals surface area (Å²) in [6.45, 7) is 15.6. The predicted molar refractivity (Wildman–Crippen MR) is 88.5 cm³/mol. The molecule has 0 aromatic carbocycles. The topological polar surface area (TPSA) is 34.4 Å². The maximum absolute atomic E-state index is 12.3. The van der Waals surface area contributed by atoms with Crippen molar-refractivity contribution in [2.45, 2.75) is 73.3 Å². The third kappa shape index (κ3) is 3.85. The number of aromatic nitrogens is 1. The van der Waals surface area contributed by atoms with E-state index in [-0.39, 0.29) is 11.3 Å². The Balaban J connectivity index is 2.52. The van der Waals surface area contributed by atoms with Crippen molar-refractivity contribution in [1.29, 1.82) is 0 Å². The number of nitrogens with zero attached hydrogens (tertiary/aromatic N) is 2. The van der Waals surface area contributed by atoms with Gasteiger partial charge in [-0.1, -0.05) is 41.5 Å². The molecule has 0 radical (unpaired) electrons. The Kier molecular flexibility index (Phi) is 4.22. The van der Waals surface area contributed by atoms with Crippen LogP contribution in [0.5, 0.6) is 0 Å². The first-order chi connectivity index (χ1) is 9.50. The van der Waals surface area contributed by atoms with Gasteiger partial charge in [0.15, 0.2) is 4.80 Å². The molecule has 0 aliphatic heterocycles. The van der Waals surface area contributed by atoms with Gasteiger partial charge >= 0.3 is 0 Å². The molecule has 1 aliphatic carbocycles. The minimum atomic E-state index is -0.419.